The van der Waals surface area contributed by atoms with Gasteiger partial charge in [-0.2, -0.15) is 0 Å². The van der Waals surface area contributed by atoms with Gasteiger partial charge in [0.05, 0.1) is 0 Å². The fourth-order valence-corrected chi connectivity index (χ4v) is 2.77. The maximum atomic E-state index is 3.90. The standard InChI is InChI=1S/C20H26B2/c1-5-11-15(7-3)17(12-6-2)19(20(21)22)18-14-10-9-13-16(18)8-4/h5-6,9-14H,1-2,7-8,21-22H2,3-4H3/b15-11-,17-12+. The molecule has 0 bridgehead atoms. The lowest BCUT2D eigenvalue weighted by molar-refractivity contribution is 1.11. The van der Waals surface area contributed by atoms with Crippen LogP contribution in [-0.2, 0) is 6.42 Å². The molecular formula is C20H26B2. The molecule has 0 aliphatic heterocycles. The first-order valence-electron chi connectivity index (χ1n) is 8.01. The van der Waals surface area contributed by atoms with E-state index in [4.69, 9.17) is 0 Å². The van der Waals surface area contributed by atoms with E-state index in [2.05, 4.69) is 79.1 Å². The minimum atomic E-state index is 0.969. The molecule has 0 fully saturated rings. The van der Waals surface area contributed by atoms with Gasteiger partial charge in [-0.1, -0.05) is 75.6 Å². The SMILES string of the molecule is BC(B)=C(C(=C/C=C)/C(=C\C=C)CC)c1ccccc1CC. The zero-order valence-electron chi connectivity index (χ0n) is 14.4. The summed E-state index contributed by atoms with van der Waals surface area (Å²) in [6.45, 7) is 12.1. The summed E-state index contributed by atoms with van der Waals surface area (Å²) in [5.74, 6) is 0. The maximum absolute atomic E-state index is 3.90. The van der Waals surface area contributed by atoms with Crippen LogP contribution in [0.25, 0.3) is 5.57 Å². The Bertz CT molecular complexity index is 627. The van der Waals surface area contributed by atoms with E-state index < -0.39 is 0 Å². The van der Waals surface area contributed by atoms with E-state index in [0.717, 1.165) is 12.8 Å². The molecule has 1 rings (SSSR count). The van der Waals surface area contributed by atoms with Crippen molar-refractivity contribution in [3.63, 3.8) is 0 Å². The van der Waals surface area contributed by atoms with Gasteiger partial charge < -0.3 is 0 Å². The molecule has 0 atom stereocenters. The highest BCUT2D eigenvalue weighted by atomic mass is 14.2. The maximum Gasteiger partial charge on any atom is 0.122 e. The zero-order valence-corrected chi connectivity index (χ0v) is 14.4. The Hall–Kier alpha value is -1.95. The van der Waals surface area contributed by atoms with Gasteiger partial charge in [-0.05, 0) is 40.7 Å². The van der Waals surface area contributed by atoms with Crippen LogP contribution in [0, 0.1) is 0 Å². The highest BCUT2D eigenvalue weighted by Gasteiger charge is 2.14. The van der Waals surface area contributed by atoms with E-state index in [1.54, 1.807) is 0 Å². The molecule has 0 saturated carbocycles. The van der Waals surface area contributed by atoms with Gasteiger partial charge in [0.2, 0.25) is 0 Å². The van der Waals surface area contributed by atoms with Gasteiger partial charge in [-0.3, -0.25) is 0 Å². The van der Waals surface area contributed by atoms with Crippen molar-refractivity contribution in [3.8, 4) is 0 Å². The van der Waals surface area contributed by atoms with Gasteiger partial charge in [0, 0.05) is 0 Å². The van der Waals surface area contributed by atoms with Crippen LogP contribution in [0.1, 0.15) is 31.4 Å². The normalized spacial score (nSPS) is 11.9. The van der Waals surface area contributed by atoms with Crippen LogP contribution in [-0.4, -0.2) is 15.7 Å². The van der Waals surface area contributed by atoms with Crippen molar-refractivity contribution >= 4 is 21.3 Å². The van der Waals surface area contributed by atoms with E-state index in [1.165, 1.54) is 33.2 Å². The summed E-state index contributed by atoms with van der Waals surface area (Å²) in [5.41, 5.74) is 6.55. The van der Waals surface area contributed by atoms with E-state index in [0.29, 0.717) is 0 Å². The summed E-state index contributed by atoms with van der Waals surface area (Å²) >= 11 is 0. The molecule has 2 heteroatoms. The van der Waals surface area contributed by atoms with E-state index >= 15 is 0 Å². The van der Waals surface area contributed by atoms with Crippen LogP contribution in [0.15, 0.2) is 78.2 Å². The second-order valence-electron chi connectivity index (χ2n) is 5.48. The number of aryl methyl sites for hydroxylation is 1. The number of rotatable bonds is 7. The Morgan fingerprint density at radius 3 is 2.18 bits per heavy atom. The fraction of sp³-hybridized carbons (Fsp3) is 0.200. The summed E-state index contributed by atoms with van der Waals surface area (Å²) in [6, 6.07) is 8.67. The molecule has 0 heterocycles. The van der Waals surface area contributed by atoms with Crippen molar-refractivity contribution in [2.45, 2.75) is 26.7 Å². The Morgan fingerprint density at radius 2 is 1.68 bits per heavy atom. The lowest BCUT2D eigenvalue weighted by Gasteiger charge is -2.20. The van der Waals surface area contributed by atoms with Crippen molar-refractivity contribution in [2.75, 3.05) is 0 Å². The smallest absolute Gasteiger partial charge is 0.122 e. The Morgan fingerprint density at radius 1 is 1.05 bits per heavy atom. The summed E-state index contributed by atoms with van der Waals surface area (Å²) in [7, 11) is 4.36. The third-order valence-corrected chi connectivity index (χ3v) is 3.77. The fourth-order valence-electron chi connectivity index (χ4n) is 2.77. The zero-order chi connectivity index (χ0) is 16.5. The molecule has 22 heavy (non-hydrogen) atoms. The lowest BCUT2D eigenvalue weighted by Crippen LogP contribution is -2.02. The van der Waals surface area contributed by atoms with Crippen molar-refractivity contribution in [3.05, 3.63) is 89.4 Å². The molecule has 0 spiro atoms. The summed E-state index contributed by atoms with van der Waals surface area (Å²) in [6.07, 6.45) is 9.96. The van der Waals surface area contributed by atoms with E-state index in [1.807, 2.05) is 12.2 Å². The predicted octanol–water partition coefficient (Wildman–Crippen LogP) is 3.82. The van der Waals surface area contributed by atoms with Crippen molar-refractivity contribution < 1.29 is 0 Å². The molecule has 1 aromatic rings. The molecule has 0 aliphatic carbocycles. The van der Waals surface area contributed by atoms with Crippen molar-refractivity contribution in [2.24, 2.45) is 0 Å². The predicted molar refractivity (Wildman–Crippen MR) is 107 cm³/mol. The van der Waals surface area contributed by atoms with Gasteiger partial charge in [-0.25, -0.2) is 0 Å². The van der Waals surface area contributed by atoms with Crippen LogP contribution in [0.2, 0.25) is 0 Å². The van der Waals surface area contributed by atoms with Crippen LogP contribution in [0.5, 0.6) is 0 Å². The summed E-state index contributed by atoms with van der Waals surface area (Å²) < 4.78 is 0. The number of allylic oxidation sites excluding steroid dienone is 7. The summed E-state index contributed by atoms with van der Waals surface area (Å²) in [5, 5.41) is 1.32. The van der Waals surface area contributed by atoms with Gasteiger partial charge in [0.15, 0.2) is 0 Å². The highest BCUT2D eigenvalue weighted by Crippen LogP contribution is 2.33. The molecule has 0 radical (unpaired) electrons. The van der Waals surface area contributed by atoms with Crippen LogP contribution in [0.3, 0.4) is 0 Å². The Kier molecular flexibility index (Phi) is 7.52. The van der Waals surface area contributed by atoms with Crippen molar-refractivity contribution in [1.82, 2.24) is 0 Å². The molecule has 0 aromatic heterocycles. The molecule has 0 nitrogen and oxygen atoms in total. The minimum Gasteiger partial charge on any atom is -0.137 e. The average molecular weight is 288 g/mol. The van der Waals surface area contributed by atoms with Gasteiger partial charge in [0.1, 0.15) is 15.7 Å². The first kappa shape index (κ1) is 18.1. The first-order valence-corrected chi connectivity index (χ1v) is 8.01. The lowest BCUT2D eigenvalue weighted by atomic mass is 9.69. The third kappa shape index (κ3) is 4.27. The van der Waals surface area contributed by atoms with Crippen molar-refractivity contribution in [1.29, 1.82) is 0 Å². The number of benzene rings is 1. The second-order valence-corrected chi connectivity index (χ2v) is 5.48. The summed E-state index contributed by atoms with van der Waals surface area (Å²) in [4.78, 5) is 0. The molecule has 1 aromatic carbocycles. The number of hydrogen-bond acceptors (Lipinski definition) is 0. The molecule has 0 unspecified atom stereocenters. The molecule has 0 N–H and O–H groups in total. The minimum absolute atomic E-state index is 0.969. The average Bonchev–Trinajstić information content (AvgIpc) is 2.52. The largest absolute Gasteiger partial charge is 0.137 e. The van der Waals surface area contributed by atoms with Crippen LogP contribution >= 0.6 is 0 Å². The third-order valence-electron chi connectivity index (χ3n) is 3.77. The number of hydrogen-bond donors (Lipinski definition) is 0. The van der Waals surface area contributed by atoms with Crippen LogP contribution in [0.4, 0.5) is 0 Å². The van der Waals surface area contributed by atoms with Crippen LogP contribution < -0.4 is 0 Å². The highest BCUT2D eigenvalue weighted by molar-refractivity contribution is 6.51. The molecule has 0 saturated heterocycles. The quantitative estimate of drug-likeness (QED) is 0.528. The first-order chi connectivity index (χ1) is 10.6. The molecular weight excluding hydrogens is 262 g/mol. The Balaban J connectivity index is 3.63. The molecule has 0 aliphatic rings. The van der Waals surface area contributed by atoms with E-state index in [-0.39, 0.29) is 0 Å². The van der Waals surface area contributed by atoms with E-state index in [9.17, 15) is 0 Å². The molecule has 112 valence electrons. The van der Waals surface area contributed by atoms with Gasteiger partial charge in [0.25, 0.3) is 0 Å². The van der Waals surface area contributed by atoms with Gasteiger partial charge in [-0.15, -0.1) is 5.37 Å². The second kappa shape index (κ2) is 9.15. The Labute approximate surface area is 137 Å². The van der Waals surface area contributed by atoms with Gasteiger partial charge >= 0.3 is 0 Å². The topological polar surface area (TPSA) is 0 Å². The molecule has 0 amide bonds. The monoisotopic (exact) mass is 288 g/mol.